The van der Waals surface area contributed by atoms with Crippen molar-refractivity contribution < 1.29 is 0 Å². The van der Waals surface area contributed by atoms with E-state index in [9.17, 15) is 0 Å². The zero-order valence-corrected chi connectivity index (χ0v) is 25.9. The van der Waals surface area contributed by atoms with Gasteiger partial charge in [0, 0.05) is 21.5 Å². The highest BCUT2D eigenvalue weighted by atomic mass is 15.5. The van der Waals surface area contributed by atoms with Crippen molar-refractivity contribution in [1.29, 1.82) is 0 Å². The van der Waals surface area contributed by atoms with E-state index < -0.39 is 0 Å². The third kappa shape index (κ3) is 4.16. The third-order valence-corrected chi connectivity index (χ3v) is 8.78. The second-order valence-electron chi connectivity index (χ2n) is 13.9. The standard InChI is InChI=1S/C38H34N6/c1-37(2,3)25-17-13-23-15-19-31-35(29(23)21-25)41-43(39-31)33-11-7-10-28-27(33)9-8-12-34(28)44-40-32-20-16-24-14-18-26(38(4,5)6)22-30(24)36(32)42-44/h7-22H,1-6H3. The van der Waals surface area contributed by atoms with Crippen LogP contribution < -0.4 is 0 Å². The molecule has 0 aliphatic rings. The molecule has 216 valence electrons. The van der Waals surface area contributed by atoms with E-state index in [2.05, 4.69) is 139 Å². The molecule has 0 saturated carbocycles. The van der Waals surface area contributed by atoms with Gasteiger partial charge in [0.1, 0.15) is 22.1 Å². The fourth-order valence-electron chi connectivity index (χ4n) is 6.17. The van der Waals surface area contributed by atoms with Gasteiger partial charge in [-0.05, 0) is 69.1 Å². The molecule has 6 aromatic carbocycles. The Morgan fingerprint density at radius 3 is 1.25 bits per heavy atom. The summed E-state index contributed by atoms with van der Waals surface area (Å²) >= 11 is 0. The topological polar surface area (TPSA) is 61.4 Å². The van der Waals surface area contributed by atoms with Crippen LogP contribution in [-0.2, 0) is 10.8 Å². The quantitative estimate of drug-likeness (QED) is 0.206. The Balaban J connectivity index is 1.29. The maximum Gasteiger partial charge on any atom is 0.121 e. The Bertz CT molecular complexity index is 2240. The zero-order valence-electron chi connectivity index (χ0n) is 25.9. The van der Waals surface area contributed by atoms with Crippen molar-refractivity contribution in [2.24, 2.45) is 0 Å². The molecule has 0 spiro atoms. The Labute approximate surface area is 255 Å². The van der Waals surface area contributed by atoms with E-state index in [1.165, 1.54) is 11.1 Å². The first kappa shape index (κ1) is 26.5. The summed E-state index contributed by atoms with van der Waals surface area (Å²) in [6, 6.07) is 34.2. The highest BCUT2D eigenvalue weighted by Crippen LogP contribution is 2.33. The van der Waals surface area contributed by atoms with Crippen LogP contribution in [0.4, 0.5) is 0 Å². The molecule has 0 N–H and O–H groups in total. The molecule has 0 aliphatic heterocycles. The first-order valence-electron chi connectivity index (χ1n) is 15.2. The number of nitrogens with zero attached hydrogens (tertiary/aromatic N) is 6. The molecule has 0 aliphatic carbocycles. The highest BCUT2D eigenvalue weighted by molar-refractivity contribution is 6.05. The van der Waals surface area contributed by atoms with E-state index in [-0.39, 0.29) is 10.8 Å². The van der Waals surface area contributed by atoms with Gasteiger partial charge >= 0.3 is 0 Å². The molecule has 0 amide bonds. The number of hydrogen-bond donors (Lipinski definition) is 0. The molecule has 6 nitrogen and oxygen atoms in total. The molecule has 8 rings (SSSR count). The summed E-state index contributed by atoms with van der Waals surface area (Å²) in [6.07, 6.45) is 0. The monoisotopic (exact) mass is 574 g/mol. The van der Waals surface area contributed by atoms with Crippen LogP contribution >= 0.6 is 0 Å². The van der Waals surface area contributed by atoms with Gasteiger partial charge in [0.15, 0.2) is 0 Å². The highest BCUT2D eigenvalue weighted by Gasteiger charge is 2.19. The summed E-state index contributed by atoms with van der Waals surface area (Å²) in [6.45, 7) is 13.4. The van der Waals surface area contributed by atoms with E-state index in [1.54, 1.807) is 9.59 Å². The van der Waals surface area contributed by atoms with Crippen LogP contribution in [0.3, 0.4) is 0 Å². The zero-order chi connectivity index (χ0) is 30.4. The van der Waals surface area contributed by atoms with Crippen LogP contribution in [0.1, 0.15) is 52.7 Å². The predicted octanol–water partition coefficient (Wildman–Crippen LogP) is 9.21. The first-order valence-corrected chi connectivity index (χ1v) is 15.2. The summed E-state index contributed by atoms with van der Waals surface area (Å²) in [7, 11) is 0. The van der Waals surface area contributed by atoms with Crippen LogP contribution in [0, 0.1) is 0 Å². The fraction of sp³-hybridized carbons (Fsp3) is 0.211. The molecule has 8 aromatic rings. The number of benzene rings is 6. The van der Waals surface area contributed by atoms with Gasteiger partial charge in [-0.25, -0.2) is 0 Å². The van der Waals surface area contributed by atoms with Gasteiger partial charge in [-0.1, -0.05) is 102 Å². The SMILES string of the molecule is CC(C)(C)c1ccc2ccc3nn(-c4cccc5c(-n6nc7ccc8ccc(C(C)(C)C)cc8c7n6)cccc45)nc3c2c1. The average Bonchev–Trinajstić information content (AvgIpc) is 3.64. The van der Waals surface area contributed by atoms with Gasteiger partial charge in [-0.3, -0.25) is 0 Å². The first-order chi connectivity index (χ1) is 21.0. The molecule has 2 aromatic heterocycles. The Kier molecular flexibility index (Phi) is 5.54. The molecule has 0 saturated heterocycles. The Morgan fingerprint density at radius 1 is 0.432 bits per heavy atom. The lowest BCUT2D eigenvalue weighted by Crippen LogP contribution is -2.10. The molecule has 2 heterocycles. The lowest BCUT2D eigenvalue weighted by atomic mass is 9.86. The molecule has 0 radical (unpaired) electrons. The Morgan fingerprint density at radius 2 is 0.841 bits per heavy atom. The summed E-state index contributed by atoms with van der Waals surface area (Å²) < 4.78 is 0. The minimum absolute atomic E-state index is 0.0465. The molecule has 0 bridgehead atoms. The summed E-state index contributed by atoms with van der Waals surface area (Å²) in [5, 5.41) is 26.6. The van der Waals surface area contributed by atoms with Crippen molar-refractivity contribution in [3.05, 3.63) is 108 Å². The maximum absolute atomic E-state index is 5.05. The van der Waals surface area contributed by atoms with E-state index in [0.29, 0.717) is 0 Å². The number of hydrogen-bond acceptors (Lipinski definition) is 4. The maximum atomic E-state index is 5.05. The van der Waals surface area contributed by atoms with Gasteiger partial charge < -0.3 is 0 Å². The predicted molar refractivity (Wildman–Crippen MR) is 181 cm³/mol. The Hall–Kier alpha value is -5.10. The van der Waals surface area contributed by atoms with Crippen LogP contribution in [0.15, 0.2) is 97.1 Å². The second kappa shape index (κ2) is 9.20. The van der Waals surface area contributed by atoms with E-state index in [1.807, 2.05) is 0 Å². The fourth-order valence-corrected chi connectivity index (χ4v) is 6.17. The average molecular weight is 575 g/mol. The molecular formula is C38H34N6. The van der Waals surface area contributed by atoms with Crippen LogP contribution in [0.5, 0.6) is 0 Å². The van der Waals surface area contributed by atoms with Crippen molar-refractivity contribution in [1.82, 2.24) is 30.0 Å². The van der Waals surface area contributed by atoms with Crippen molar-refractivity contribution in [3.8, 4) is 11.4 Å². The van der Waals surface area contributed by atoms with Crippen LogP contribution in [-0.4, -0.2) is 30.0 Å². The number of aromatic nitrogens is 6. The molecule has 0 atom stereocenters. The third-order valence-electron chi connectivity index (χ3n) is 8.78. The molecule has 44 heavy (non-hydrogen) atoms. The molecular weight excluding hydrogens is 540 g/mol. The van der Waals surface area contributed by atoms with Crippen molar-refractivity contribution in [2.45, 2.75) is 52.4 Å². The second-order valence-corrected chi connectivity index (χ2v) is 13.9. The van der Waals surface area contributed by atoms with Crippen molar-refractivity contribution in [3.63, 3.8) is 0 Å². The lowest BCUT2D eigenvalue weighted by molar-refractivity contribution is 0.591. The van der Waals surface area contributed by atoms with Crippen molar-refractivity contribution >= 4 is 54.4 Å². The van der Waals surface area contributed by atoms with E-state index in [4.69, 9.17) is 20.4 Å². The van der Waals surface area contributed by atoms with Crippen molar-refractivity contribution in [2.75, 3.05) is 0 Å². The van der Waals surface area contributed by atoms with Crippen LogP contribution in [0.25, 0.3) is 65.8 Å². The number of fused-ring (bicyclic) bond motifs is 7. The molecule has 0 unspecified atom stereocenters. The molecule has 6 heteroatoms. The van der Waals surface area contributed by atoms with Gasteiger partial charge in [-0.15, -0.1) is 30.0 Å². The van der Waals surface area contributed by atoms with Gasteiger partial charge in [0.05, 0.1) is 11.4 Å². The van der Waals surface area contributed by atoms with Crippen LogP contribution in [0.2, 0.25) is 0 Å². The van der Waals surface area contributed by atoms with E-state index in [0.717, 1.165) is 65.8 Å². The van der Waals surface area contributed by atoms with E-state index >= 15 is 0 Å². The normalized spacial score (nSPS) is 12.8. The summed E-state index contributed by atoms with van der Waals surface area (Å²) in [5.74, 6) is 0. The van der Waals surface area contributed by atoms with Gasteiger partial charge in [0.25, 0.3) is 0 Å². The number of rotatable bonds is 2. The summed E-state index contributed by atoms with van der Waals surface area (Å²) in [5.41, 5.74) is 8.04. The van der Waals surface area contributed by atoms with Gasteiger partial charge in [0.2, 0.25) is 0 Å². The van der Waals surface area contributed by atoms with Gasteiger partial charge in [-0.2, -0.15) is 0 Å². The minimum atomic E-state index is 0.0465. The minimum Gasteiger partial charge on any atom is -0.150 e. The molecule has 0 fully saturated rings. The lowest BCUT2D eigenvalue weighted by Gasteiger charge is -2.19. The smallest absolute Gasteiger partial charge is 0.121 e. The largest absolute Gasteiger partial charge is 0.150 e. The summed E-state index contributed by atoms with van der Waals surface area (Å²) in [4.78, 5) is 3.54.